The van der Waals surface area contributed by atoms with Gasteiger partial charge in [-0.15, -0.1) is 5.06 Å². The van der Waals surface area contributed by atoms with Crippen LogP contribution in [0.5, 0.6) is 5.75 Å². The summed E-state index contributed by atoms with van der Waals surface area (Å²) < 4.78 is 18.4. The molecule has 6 rings (SSSR count). The normalized spacial score (nSPS) is 17.4. The van der Waals surface area contributed by atoms with E-state index in [-0.39, 0.29) is 36.4 Å². The summed E-state index contributed by atoms with van der Waals surface area (Å²) >= 11 is 0. The number of aromatic amines is 1. The smallest absolute Gasteiger partial charge is 0.488 e. The Morgan fingerprint density at radius 3 is 2.27 bits per heavy atom. The van der Waals surface area contributed by atoms with E-state index >= 15 is 0 Å². The Morgan fingerprint density at radius 1 is 0.932 bits per heavy atom. The van der Waals surface area contributed by atoms with Crippen LogP contribution >= 0.6 is 0 Å². The number of hydrogen-bond acceptors (Lipinski definition) is 9. The van der Waals surface area contributed by atoms with E-state index in [0.717, 1.165) is 11.0 Å². The molecule has 1 N–H and O–H groups in total. The third-order valence-electron chi connectivity index (χ3n) is 8.16. The predicted octanol–water partition coefficient (Wildman–Crippen LogP) is 3.69. The number of hydroxylamine groups is 2. The van der Waals surface area contributed by atoms with Gasteiger partial charge in [0.1, 0.15) is 18.2 Å². The maximum atomic E-state index is 12.9. The second-order valence-corrected chi connectivity index (χ2v) is 11.7. The van der Waals surface area contributed by atoms with Gasteiger partial charge < -0.3 is 23.9 Å². The maximum absolute atomic E-state index is 12.9. The summed E-state index contributed by atoms with van der Waals surface area (Å²) in [6.07, 6.45) is -0.0475. The van der Waals surface area contributed by atoms with Crippen molar-refractivity contribution in [3.63, 3.8) is 0 Å². The number of para-hydroxylation sites is 1. The van der Waals surface area contributed by atoms with E-state index in [1.54, 1.807) is 30.3 Å². The van der Waals surface area contributed by atoms with Gasteiger partial charge in [0.25, 0.3) is 17.4 Å². The molecule has 0 unspecified atom stereocenters. The molecule has 0 saturated carbocycles. The number of rotatable bonds is 7. The van der Waals surface area contributed by atoms with E-state index < -0.39 is 36.1 Å². The summed E-state index contributed by atoms with van der Waals surface area (Å²) in [7, 11) is -0.490. The number of amides is 2. The number of carbonyl (C=O) groups excluding carboxylic acids is 3. The van der Waals surface area contributed by atoms with Crippen molar-refractivity contribution in [2.24, 2.45) is 0 Å². The number of H-pyrrole nitrogens is 1. The average molecular weight is 595 g/mol. The molecular weight excluding hydrogens is 565 g/mol. The molecule has 224 valence electrons. The fraction of sp³-hybridized carbons (Fsp3) is 0.281. The van der Waals surface area contributed by atoms with Gasteiger partial charge in [-0.05, 0) is 69.1 Å². The Labute approximate surface area is 253 Å². The van der Waals surface area contributed by atoms with Crippen LogP contribution in [0.2, 0.25) is 0 Å². The number of carbonyl (C=O) groups is 3. The topological polar surface area (TPSA) is 137 Å². The fourth-order valence-electron chi connectivity index (χ4n) is 4.89. The Bertz CT molecular complexity index is 1820. The zero-order valence-corrected chi connectivity index (χ0v) is 24.7. The van der Waals surface area contributed by atoms with Crippen LogP contribution in [0.1, 0.15) is 56.5 Å². The molecule has 0 bridgehead atoms. The lowest BCUT2D eigenvalue weighted by Crippen LogP contribution is -2.41. The summed E-state index contributed by atoms with van der Waals surface area (Å²) in [5, 5.41) is 0.887. The fourth-order valence-corrected chi connectivity index (χ4v) is 4.89. The van der Waals surface area contributed by atoms with E-state index in [0.29, 0.717) is 27.3 Å². The molecule has 1 aromatic heterocycles. The van der Waals surface area contributed by atoms with Gasteiger partial charge in [0.15, 0.2) is 0 Å². The van der Waals surface area contributed by atoms with E-state index in [9.17, 15) is 19.2 Å². The van der Waals surface area contributed by atoms with E-state index in [1.165, 1.54) is 12.1 Å². The summed E-state index contributed by atoms with van der Waals surface area (Å²) in [6.45, 7) is 8.17. The largest absolute Gasteiger partial charge is 0.494 e. The highest BCUT2D eigenvalue weighted by Crippen LogP contribution is 2.36. The molecule has 2 fully saturated rings. The first-order valence-corrected chi connectivity index (χ1v) is 14.2. The van der Waals surface area contributed by atoms with Gasteiger partial charge in [-0.2, -0.15) is 0 Å². The van der Waals surface area contributed by atoms with Crippen LogP contribution in [-0.2, 0) is 30.3 Å². The molecule has 2 amide bonds. The molecule has 11 nitrogen and oxygen atoms in total. The highest BCUT2D eigenvalue weighted by atomic mass is 16.7. The van der Waals surface area contributed by atoms with Crippen molar-refractivity contribution in [2.45, 2.75) is 58.3 Å². The lowest BCUT2D eigenvalue weighted by atomic mass is 9.79. The van der Waals surface area contributed by atoms with Crippen molar-refractivity contribution < 1.29 is 33.3 Å². The zero-order valence-electron chi connectivity index (χ0n) is 24.7. The summed E-state index contributed by atoms with van der Waals surface area (Å²) in [5.41, 5.74) is 1.26. The number of imide groups is 1. The number of nitrogens with one attached hydrogen (secondary N) is 1. The standard InChI is InChI=1S/C32H30BN3O8/c1-31(2)32(3,4)44-33(43-31)21-12-9-19(10-13-21)18-41-25-14-11-20(30(40)42-36-26(37)15-16-27(36)38)17-23(25)28-34-24-8-6-5-7-22(24)29(39)35-28/h5-14,17H,15-16,18H2,1-4H3,(H,34,35,39). The highest BCUT2D eigenvalue weighted by molar-refractivity contribution is 6.62. The molecule has 0 atom stereocenters. The van der Waals surface area contributed by atoms with E-state index in [4.69, 9.17) is 18.9 Å². The number of hydrogen-bond donors (Lipinski definition) is 1. The van der Waals surface area contributed by atoms with E-state index in [1.807, 2.05) is 52.0 Å². The lowest BCUT2D eigenvalue weighted by Gasteiger charge is -2.32. The monoisotopic (exact) mass is 595 g/mol. The van der Waals surface area contributed by atoms with Gasteiger partial charge in [0.2, 0.25) is 0 Å². The molecule has 2 saturated heterocycles. The third kappa shape index (κ3) is 5.49. The third-order valence-corrected chi connectivity index (χ3v) is 8.16. The molecule has 12 heteroatoms. The molecule has 44 heavy (non-hydrogen) atoms. The van der Waals surface area contributed by atoms with Crippen LogP contribution < -0.4 is 15.8 Å². The molecule has 2 aliphatic rings. The minimum atomic E-state index is -0.914. The van der Waals surface area contributed by atoms with Crippen LogP contribution in [0.3, 0.4) is 0 Å². The Balaban J connectivity index is 1.28. The van der Waals surface area contributed by atoms with Crippen LogP contribution in [0.15, 0.2) is 71.5 Å². The Morgan fingerprint density at radius 2 is 1.59 bits per heavy atom. The molecular formula is C32H30BN3O8. The molecule has 3 aromatic carbocycles. The highest BCUT2D eigenvalue weighted by Gasteiger charge is 2.51. The van der Waals surface area contributed by atoms with Crippen molar-refractivity contribution in [3.05, 3.63) is 88.2 Å². The first-order chi connectivity index (χ1) is 20.9. The molecule has 3 heterocycles. The predicted molar refractivity (Wildman–Crippen MR) is 161 cm³/mol. The number of nitrogens with zero attached hydrogens (tertiary/aromatic N) is 2. The van der Waals surface area contributed by atoms with E-state index in [2.05, 4.69) is 9.97 Å². The second-order valence-electron chi connectivity index (χ2n) is 11.7. The first-order valence-electron chi connectivity index (χ1n) is 14.2. The van der Waals surface area contributed by atoms with Gasteiger partial charge in [-0.3, -0.25) is 14.4 Å². The lowest BCUT2D eigenvalue weighted by molar-refractivity contribution is -0.172. The molecule has 0 radical (unpaired) electrons. The van der Waals surface area contributed by atoms with Gasteiger partial charge >= 0.3 is 13.1 Å². The van der Waals surface area contributed by atoms with Gasteiger partial charge in [0.05, 0.1) is 33.2 Å². The van der Waals surface area contributed by atoms with Gasteiger partial charge in [-0.1, -0.05) is 36.4 Å². The summed E-state index contributed by atoms with van der Waals surface area (Å²) in [6, 6.07) is 19.0. The van der Waals surface area contributed by atoms with Crippen molar-refractivity contribution in [1.82, 2.24) is 15.0 Å². The molecule has 0 spiro atoms. The minimum absolute atomic E-state index is 0.0238. The van der Waals surface area contributed by atoms with Crippen molar-refractivity contribution in [1.29, 1.82) is 0 Å². The zero-order chi connectivity index (χ0) is 31.2. The van der Waals surface area contributed by atoms with Crippen LogP contribution in [-0.4, -0.2) is 51.1 Å². The second kappa shape index (κ2) is 11.0. The molecule has 4 aromatic rings. The van der Waals surface area contributed by atoms with Crippen molar-refractivity contribution >= 4 is 41.3 Å². The first kappa shape index (κ1) is 29.3. The van der Waals surface area contributed by atoms with Crippen LogP contribution in [0.25, 0.3) is 22.3 Å². The molecule has 0 aliphatic carbocycles. The van der Waals surface area contributed by atoms with Crippen LogP contribution in [0.4, 0.5) is 0 Å². The number of benzene rings is 3. The van der Waals surface area contributed by atoms with Crippen molar-refractivity contribution in [2.75, 3.05) is 0 Å². The van der Waals surface area contributed by atoms with Gasteiger partial charge in [0, 0.05) is 12.8 Å². The number of aromatic nitrogens is 2. The summed E-state index contributed by atoms with van der Waals surface area (Å²) in [4.78, 5) is 62.2. The van der Waals surface area contributed by atoms with Crippen LogP contribution in [0, 0.1) is 0 Å². The SMILES string of the molecule is CC1(C)OB(c2ccc(COc3ccc(C(=O)ON4C(=O)CCC4=O)cc3-c3nc4ccccc4c(=O)[nH]3)cc2)OC1(C)C. The number of ether oxygens (including phenoxy) is 1. The average Bonchev–Trinajstić information content (AvgIpc) is 3.43. The maximum Gasteiger partial charge on any atom is 0.494 e. The van der Waals surface area contributed by atoms with Gasteiger partial charge in [-0.25, -0.2) is 9.78 Å². The summed E-state index contributed by atoms with van der Waals surface area (Å²) in [5.74, 6) is -1.59. The molecule has 2 aliphatic heterocycles. The quantitative estimate of drug-likeness (QED) is 0.251. The minimum Gasteiger partial charge on any atom is -0.488 e. The Kier molecular flexibility index (Phi) is 7.34. The van der Waals surface area contributed by atoms with Crippen molar-refractivity contribution in [3.8, 4) is 17.1 Å². The Hall–Kier alpha value is -4.81. The number of fused-ring (bicyclic) bond motifs is 1.